The quantitative estimate of drug-likeness (QED) is 0.634. The van der Waals surface area contributed by atoms with Crippen LogP contribution in [-0.4, -0.2) is 33.3 Å². The van der Waals surface area contributed by atoms with Crippen molar-refractivity contribution in [3.8, 4) is 0 Å². The van der Waals surface area contributed by atoms with Gasteiger partial charge in [-0.2, -0.15) is 4.39 Å². The second kappa shape index (κ2) is 7.26. The molecule has 26 heavy (non-hydrogen) atoms. The monoisotopic (exact) mass is 428 g/mol. The van der Waals surface area contributed by atoms with Crippen molar-refractivity contribution in [1.82, 2.24) is 4.57 Å². The second-order valence-corrected chi connectivity index (χ2v) is 6.80. The SMILES string of the molecule is O=C(c1c(Nc2ccc(Br)cc2F)c(F)c(=O)n2c1CCC2)C(O)CO. The number of nitrogens with one attached hydrogen (secondary N) is 1. The number of aliphatic hydroxyl groups is 2. The number of halogens is 3. The van der Waals surface area contributed by atoms with Gasteiger partial charge in [-0.15, -0.1) is 0 Å². The van der Waals surface area contributed by atoms with Crippen molar-refractivity contribution in [2.75, 3.05) is 11.9 Å². The first-order chi connectivity index (χ1) is 12.3. The van der Waals surface area contributed by atoms with E-state index in [1.165, 1.54) is 12.1 Å². The molecule has 2 heterocycles. The molecule has 0 fully saturated rings. The van der Waals surface area contributed by atoms with E-state index in [-0.39, 0.29) is 23.5 Å². The summed E-state index contributed by atoms with van der Waals surface area (Å²) in [5.74, 6) is -2.90. The molecule has 0 radical (unpaired) electrons. The van der Waals surface area contributed by atoms with Crippen LogP contribution in [0.3, 0.4) is 0 Å². The van der Waals surface area contributed by atoms with Gasteiger partial charge in [0.05, 0.1) is 23.5 Å². The van der Waals surface area contributed by atoms with Crippen LogP contribution in [-0.2, 0) is 13.0 Å². The molecule has 3 N–H and O–H groups in total. The van der Waals surface area contributed by atoms with Crippen molar-refractivity contribution in [3.05, 3.63) is 55.9 Å². The van der Waals surface area contributed by atoms with Crippen LogP contribution >= 0.6 is 15.9 Å². The lowest BCUT2D eigenvalue weighted by Gasteiger charge is -2.18. The first kappa shape index (κ1) is 18.7. The molecule has 138 valence electrons. The number of fused-ring (bicyclic) bond motifs is 1. The largest absolute Gasteiger partial charge is 0.393 e. The number of Topliss-reactive ketones (excluding diaryl/α,β-unsaturated/α-hetero) is 1. The average molecular weight is 429 g/mol. The number of benzene rings is 1. The summed E-state index contributed by atoms with van der Waals surface area (Å²) < 4.78 is 30.4. The molecule has 0 amide bonds. The third kappa shape index (κ3) is 3.17. The number of aromatic nitrogens is 1. The Hall–Kier alpha value is -2.10. The number of ketones is 1. The van der Waals surface area contributed by atoms with Crippen LogP contribution in [0.4, 0.5) is 20.2 Å². The highest BCUT2D eigenvalue weighted by Gasteiger charge is 2.31. The van der Waals surface area contributed by atoms with Crippen molar-refractivity contribution in [2.24, 2.45) is 0 Å². The molecule has 1 aliphatic rings. The van der Waals surface area contributed by atoms with Crippen LogP contribution in [0.5, 0.6) is 0 Å². The number of hydrogen-bond acceptors (Lipinski definition) is 5. The molecule has 0 saturated carbocycles. The summed E-state index contributed by atoms with van der Waals surface area (Å²) in [6, 6.07) is 3.97. The lowest BCUT2D eigenvalue weighted by Crippen LogP contribution is -2.32. The molecular weight excluding hydrogens is 414 g/mol. The Kier molecular flexibility index (Phi) is 5.22. The molecule has 1 aromatic carbocycles. The van der Waals surface area contributed by atoms with Gasteiger partial charge in [0.2, 0.25) is 5.82 Å². The fourth-order valence-corrected chi connectivity index (χ4v) is 3.33. The van der Waals surface area contributed by atoms with Crippen LogP contribution in [0.1, 0.15) is 22.5 Å². The number of carbonyl (C=O) groups excluding carboxylic acids is 1. The Labute approximate surface area is 155 Å². The molecule has 1 unspecified atom stereocenters. The van der Waals surface area contributed by atoms with Crippen LogP contribution < -0.4 is 10.9 Å². The summed E-state index contributed by atoms with van der Waals surface area (Å²) >= 11 is 3.10. The molecule has 2 aromatic rings. The minimum atomic E-state index is -1.77. The van der Waals surface area contributed by atoms with E-state index >= 15 is 0 Å². The number of aliphatic hydroxyl groups excluding tert-OH is 2. The van der Waals surface area contributed by atoms with E-state index < -0.39 is 41.4 Å². The third-order valence-corrected chi connectivity index (χ3v) is 4.72. The zero-order chi connectivity index (χ0) is 19.0. The molecular formula is C17H15BrF2N2O4. The van der Waals surface area contributed by atoms with Gasteiger partial charge >= 0.3 is 0 Å². The first-order valence-corrected chi connectivity index (χ1v) is 8.64. The highest BCUT2D eigenvalue weighted by atomic mass is 79.9. The van der Waals surface area contributed by atoms with Crippen molar-refractivity contribution in [1.29, 1.82) is 0 Å². The van der Waals surface area contributed by atoms with E-state index in [0.717, 1.165) is 10.6 Å². The Bertz CT molecular complexity index is 945. The number of nitrogens with zero attached hydrogens (tertiary/aromatic N) is 1. The highest BCUT2D eigenvalue weighted by Crippen LogP contribution is 2.31. The number of carbonyl (C=O) groups is 1. The zero-order valence-electron chi connectivity index (χ0n) is 13.4. The third-order valence-electron chi connectivity index (χ3n) is 4.22. The Morgan fingerprint density at radius 2 is 2.12 bits per heavy atom. The maximum absolute atomic E-state index is 14.7. The van der Waals surface area contributed by atoms with Gasteiger partial charge in [-0.05, 0) is 31.0 Å². The van der Waals surface area contributed by atoms with Crippen LogP contribution in [0, 0.1) is 11.6 Å². The van der Waals surface area contributed by atoms with Crippen LogP contribution in [0.2, 0.25) is 0 Å². The summed E-state index contributed by atoms with van der Waals surface area (Å²) in [6.45, 7) is -0.612. The summed E-state index contributed by atoms with van der Waals surface area (Å²) in [6.07, 6.45) is -0.917. The van der Waals surface area contributed by atoms with Gasteiger partial charge in [-0.25, -0.2) is 4.39 Å². The normalized spacial score (nSPS) is 14.2. The molecule has 1 atom stereocenters. The van der Waals surface area contributed by atoms with Crippen molar-refractivity contribution in [2.45, 2.75) is 25.5 Å². The van der Waals surface area contributed by atoms with Gasteiger partial charge in [-0.1, -0.05) is 15.9 Å². The van der Waals surface area contributed by atoms with Crippen molar-refractivity contribution in [3.63, 3.8) is 0 Å². The predicted octanol–water partition coefficient (Wildman–Crippen LogP) is 2.11. The molecule has 9 heteroatoms. The molecule has 0 saturated heterocycles. The lowest BCUT2D eigenvalue weighted by atomic mass is 10.0. The van der Waals surface area contributed by atoms with E-state index in [1.54, 1.807) is 0 Å². The van der Waals surface area contributed by atoms with E-state index in [2.05, 4.69) is 21.2 Å². The molecule has 6 nitrogen and oxygen atoms in total. The summed E-state index contributed by atoms with van der Waals surface area (Å²) in [5.41, 5.74) is -1.55. The zero-order valence-corrected chi connectivity index (χ0v) is 15.0. The average Bonchev–Trinajstić information content (AvgIpc) is 3.10. The molecule has 1 aromatic heterocycles. The van der Waals surface area contributed by atoms with Crippen molar-refractivity contribution >= 4 is 33.1 Å². The Balaban J connectivity index is 2.21. The van der Waals surface area contributed by atoms with Gasteiger partial charge in [0.25, 0.3) is 5.56 Å². The van der Waals surface area contributed by atoms with E-state index in [9.17, 15) is 23.5 Å². The minimum absolute atomic E-state index is 0.137. The van der Waals surface area contributed by atoms with E-state index in [1.807, 2.05) is 0 Å². The van der Waals surface area contributed by atoms with Gasteiger partial charge in [0.1, 0.15) is 11.9 Å². The maximum Gasteiger partial charge on any atom is 0.289 e. The highest BCUT2D eigenvalue weighted by molar-refractivity contribution is 9.10. The van der Waals surface area contributed by atoms with Gasteiger partial charge in [0, 0.05) is 16.7 Å². The number of hydrogen-bond donors (Lipinski definition) is 3. The molecule has 0 bridgehead atoms. The topological polar surface area (TPSA) is 91.6 Å². The van der Waals surface area contributed by atoms with Crippen LogP contribution in [0.25, 0.3) is 0 Å². The van der Waals surface area contributed by atoms with Gasteiger partial charge < -0.3 is 20.1 Å². The fourth-order valence-electron chi connectivity index (χ4n) is 3.00. The summed E-state index contributed by atoms with van der Waals surface area (Å²) in [4.78, 5) is 24.8. The van der Waals surface area contributed by atoms with E-state index in [0.29, 0.717) is 17.3 Å². The number of anilines is 2. The maximum atomic E-state index is 14.7. The molecule has 0 aliphatic carbocycles. The number of rotatable bonds is 5. The van der Waals surface area contributed by atoms with E-state index in [4.69, 9.17) is 5.11 Å². The Morgan fingerprint density at radius 1 is 1.38 bits per heavy atom. The standard InChI is InChI=1S/C17H15BrF2N2O4/c18-8-3-4-10(9(19)6-8)21-15-13(16(25)12(24)7-23)11-2-1-5-22(11)17(26)14(15)20/h3-4,6,12,21,23-24H,1-2,5,7H2. The second-order valence-electron chi connectivity index (χ2n) is 5.88. The summed E-state index contributed by atoms with van der Waals surface area (Å²) in [7, 11) is 0. The minimum Gasteiger partial charge on any atom is -0.393 e. The fraction of sp³-hybridized carbons (Fsp3) is 0.294. The Morgan fingerprint density at radius 3 is 2.77 bits per heavy atom. The van der Waals surface area contributed by atoms with Crippen LogP contribution in [0.15, 0.2) is 27.5 Å². The molecule has 3 rings (SSSR count). The predicted molar refractivity (Wildman–Crippen MR) is 93.8 cm³/mol. The summed E-state index contributed by atoms with van der Waals surface area (Å²) in [5, 5.41) is 21.3. The van der Waals surface area contributed by atoms with Gasteiger partial charge in [-0.3, -0.25) is 9.59 Å². The molecule has 0 spiro atoms. The lowest BCUT2D eigenvalue weighted by molar-refractivity contribution is 0.0586. The smallest absolute Gasteiger partial charge is 0.289 e. The van der Waals surface area contributed by atoms with Crippen molar-refractivity contribution < 1.29 is 23.8 Å². The van der Waals surface area contributed by atoms with Gasteiger partial charge in [0.15, 0.2) is 5.78 Å². The first-order valence-electron chi connectivity index (χ1n) is 7.85. The molecule has 1 aliphatic heterocycles. The number of pyridine rings is 1.